The predicted molar refractivity (Wildman–Crippen MR) is 71.7 cm³/mol. The highest BCUT2D eigenvalue weighted by Gasteiger charge is 2.07. The van der Waals surface area contributed by atoms with E-state index in [1.807, 2.05) is 38.1 Å². The lowest BCUT2D eigenvalue weighted by atomic mass is 10.2. The Kier molecular flexibility index (Phi) is 7.41. The first-order chi connectivity index (χ1) is 8.81. The van der Waals surface area contributed by atoms with Crippen molar-refractivity contribution in [2.75, 3.05) is 26.9 Å². The topological polar surface area (TPSA) is 39.7 Å². The Balaban J connectivity index is 2.39. The third kappa shape index (κ3) is 5.04. The molecule has 4 nitrogen and oxygen atoms in total. The van der Waals surface area contributed by atoms with Crippen LogP contribution in [0.1, 0.15) is 19.4 Å². The van der Waals surface area contributed by atoms with Crippen LogP contribution in [0.2, 0.25) is 0 Å². The van der Waals surface area contributed by atoms with Gasteiger partial charge in [0.05, 0.1) is 7.11 Å². The van der Waals surface area contributed by atoms with Gasteiger partial charge in [0.2, 0.25) is 0 Å². The minimum Gasteiger partial charge on any atom is -0.496 e. The minimum absolute atomic E-state index is 0.185. The van der Waals surface area contributed by atoms with E-state index < -0.39 is 0 Å². The maximum atomic E-state index is 5.46. The summed E-state index contributed by atoms with van der Waals surface area (Å²) < 4.78 is 16.2. The van der Waals surface area contributed by atoms with E-state index in [1.165, 1.54) is 0 Å². The van der Waals surface area contributed by atoms with E-state index in [0.29, 0.717) is 19.8 Å². The van der Waals surface area contributed by atoms with Crippen molar-refractivity contribution >= 4 is 0 Å². The van der Waals surface area contributed by atoms with Crippen LogP contribution in [-0.4, -0.2) is 33.2 Å². The van der Waals surface area contributed by atoms with Gasteiger partial charge in [-0.3, -0.25) is 0 Å². The zero-order valence-electron chi connectivity index (χ0n) is 11.4. The van der Waals surface area contributed by atoms with Crippen LogP contribution in [-0.2, 0) is 16.0 Å². The lowest BCUT2D eigenvalue weighted by Gasteiger charge is -2.18. The Labute approximate surface area is 109 Å². The van der Waals surface area contributed by atoms with Crippen molar-refractivity contribution in [3.63, 3.8) is 0 Å². The number of rotatable bonds is 9. The van der Waals surface area contributed by atoms with Crippen molar-refractivity contribution in [3.05, 3.63) is 29.8 Å². The van der Waals surface area contributed by atoms with Crippen LogP contribution >= 0.6 is 0 Å². The van der Waals surface area contributed by atoms with Crippen molar-refractivity contribution in [1.82, 2.24) is 5.32 Å². The molecule has 0 saturated heterocycles. The number of hydrogen-bond donors (Lipinski definition) is 1. The van der Waals surface area contributed by atoms with Crippen LogP contribution in [0.4, 0.5) is 0 Å². The molecule has 0 aliphatic rings. The summed E-state index contributed by atoms with van der Waals surface area (Å²) >= 11 is 0. The molecule has 1 N–H and O–H groups in total. The second-order valence-corrected chi connectivity index (χ2v) is 3.78. The van der Waals surface area contributed by atoms with Gasteiger partial charge in [0.1, 0.15) is 5.75 Å². The molecule has 4 heteroatoms. The van der Waals surface area contributed by atoms with Crippen LogP contribution in [0.3, 0.4) is 0 Å². The Hall–Kier alpha value is -1.10. The van der Waals surface area contributed by atoms with Crippen LogP contribution in [0, 0.1) is 0 Å². The van der Waals surface area contributed by atoms with Crippen LogP contribution in [0.5, 0.6) is 5.75 Å². The largest absolute Gasteiger partial charge is 0.496 e. The lowest BCUT2D eigenvalue weighted by molar-refractivity contribution is -0.133. The molecule has 0 radical (unpaired) electrons. The Morgan fingerprint density at radius 2 is 1.78 bits per heavy atom. The van der Waals surface area contributed by atoms with Gasteiger partial charge < -0.3 is 19.5 Å². The first-order valence-electron chi connectivity index (χ1n) is 6.37. The first-order valence-corrected chi connectivity index (χ1v) is 6.37. The molecule has 1 rings (SSSR count). The second kappa shape index (κ2) is 8.91. The fraction of sp³-hybridized carbons (Fsp3) is 0.571. The molecule has 102 valence electrons. The number of ether oxygens (including phenoxy) is 3. The molecule has 0 atom stereocenters. The average molecular weight is 253 g/mol. The van der Waals surface area contributed by atoms with Crippen molar-refractivity contribution in [3.8, 4) is 5.75 Å². The summed E-state index contributed by atoms with van der Waals surface area (Å²) in [5.74, 6) is 0.898. The molecule has 18 heavy (non-hydrogen) atoms. The maximum Gasteiger partial charge on any atom is 0.169 e. The van der Waals surface area contributed by atoms with E-state index in [2.05, 4.69) is 5.32 Å². The molecule has 0 heterocycles. The zero-order chi connectivity index (χ0) is 13.2. The van der Waals surface area contributed by atoms with Gasteiger partial charge in [-0.25, -0.2) is 0 Å². The van der Waals surface area contributed by atoms with Gasteiger partial charge in [-0.15, -0.1) is 0 Å². The van der Waals surface area contributed by atoms with Gasteiger partial charge in [-0.1, -0.05) is 18.2 Å². The highest BCUT2D eigenvalue weighted by molar-refractivity contribution is 5.32. The number of para-hydroxylation sites is 1. The smallest absolute Gasteiger partial charge is 0.169 e. The molecule has 0 aliphatic heterocycles. The highest BCUT2D eigenvalue weighted by Crippen LogP contribution is 2.16. The number of benzene rings is 1. The molecular weight excluding hydrogens is 230 g/mol. The van der Waals surface area contributed by atoms with Crippen molar-refractivity contribution < 1.29 is 14.2 Å². The Bertz CT molecular complexity index is 325. The number of methoxy groups -OCH3 is 1. The lowest BCUT2D eigenvalue weighted by Crippen LogP contribution is -2.31. The zero-order valence-corrected chi connectivity index (χ0v) is 11.4. The molecule has 0 amide bonds. The number of nitrogens with one attached hydrogen (secondary N) is 1. The van der Waals surface area contributed by atoms with E-state index in [9.17, 15) is 0 Å². The van der Waals surface area contributed by atoms with Gasteiger partial charge in [0.25, 0.3) is 0 Å². The minimum atomic E-state index is -0.185. The second-order valence-electron chi connectivity index (χ2n) is 3.78. The summed E-state index contributed by atoms with van der Waals surface area (Å²) in [5.41, 5.74) is 1.13. The maximum absolute atomic E-state index is 5.46. The SMILES string of the molecule is CCOC(CNCc1ccccc1OC)OCC. The summed E-state index contributed by atoms with van der Waals surface area (Å²) in [7, 11) is 1.68. The van der Waals surface area contributed by atoms with Crippen molar-refractivity contribution in [1.29, 1.82) is 0 Å². The highest BCUT2D eigenvalue weighted by atomic mass is 16.7. The molecule has 1 aromatic carbocycles. The van der Waals surface area contributed by atoms with Crippen LogP contribution < -0.4 is 10.1 Å². The normalized spacial score (nSPS) is 10.9. The summed E-state index contributed by atoms with van der Waals surface area (Å²) in [4.78, 5) is 0. The third-order valence-electron chi connectivity index (χ3n) is 2.52. The monoisotopic (exact) mass is 253 g/mol. The fourth-order valence-corrected chi connectivity index (χ4v) is 1.71. The van der Waals surface area contributed by atoms with E-state index in [-0.39, 0.29) is 6.29 Å². The van der Waals surface area contributed by atoms with E-state index in [4.69, 9.17) is 14.2 Å². The molecular formula is C14H23NO3. The quantitative estimate of drug-likeness (QED) is 0.685. The summed E-state index contributed by atoms with van der Waals surface area (Å²) in [5, 5.41) is 3.32. The molecule has 0 aromatic heterocycles. The molecule has 0 fully saturated rings. The third-order valence-corrected chi connectivity index (χ3v) is 2.52. The van der Waals surface area contributed by atoms with Crippen LogP contribution in [0.25, 0.3) is 0 Å². The molecule has 0 aliphatic carbocycles. The van der Waals surface area contributed by atoms with E-state index in [1.54, 1.807) is 7.11 Å². The summed E-state index contributed by atoms with van der Waals surface area (Å²) in [6.07, 6.45) is -0.185. The first kappa shape index (κ1) is 15.0. The van der Waals surface area contributed by atoms with Gasteiger partial charge in [-0.05, 0) is 19.9 Å². The molecule has 0 bridgehead atoms. The standard InChI is InChI=1S/C14H23NO3/c1-4-17-14(18-5-2)11-15-10-12-8-6-7-9-13(12)16-3/h6-9,14-15H,4-5,10-11H2,1-3H3. The van der Waals surface area contributed by atoms with E-state index >= 15 is 0 Å². The van der Waals surface area contributed by atoms with Gasteiger partial charge in [0.15, 0.2) is 6.29 Å². The molecule has 0 saturated carbocycles. The Morgan fingerprint density at radius 1 is 1.11 bits per heavy atom. The number of hydrogen-bond acceptors (Lipinski definition) is 4. The van der Waals surface area contributed by atoms with Crippen LogP contribution in [0.15, 0.2) is 24.3 Å². The summed E-state index contributed by atoms with van der Waals surface area (Å²) in [6, 6.07) is 7.97. The van der Waals surface area contributed by atoms with Gasteiger partial charge in [-0.2, -0.15) is 0 Å². The Morgan fingerprint density at radius 3 is 2.39 bits per heavy atom. The summed E-state index contributed by atoms with van der Waals surface area (Å²) in [6.45, 7) is 6.64. The molecule has 1 aromatic rings. The van der Waals surface area contributed by atoms with E-state index in [0.717, 1.165) is 17.9 Å². The molecule has 0 unspecified atom stereocenters. The average Bonchev–Trinajstić information content (AvgIpc) is 2.40. The molecule has 0 spiro atoms. The van der Waals surface area contributed by atoms with Crippen molar-refractivity contribution in [2.45, 2.75) is 26.7 Å². The predicted octanol–water partition coefficient (Wildman–Crippen LogP) is 2.18. The van der Waals surface area contributed by atoms with Gasteiger partial charge in [0, 0.05) is 31.9 Å². The fourth-order valence-electron chi connectivity index (χ4n) is 1.71. The van der Waals surface area contributed by atoms with Gasteiger partial charge >= 0.3 is 0 Å². The van der Waals surface area contributed by atoms with Crippen molar-refractivity contribution in [2.24, 2.45) is 0 Å².